The first kappa shape index (κ1) is 14.3. The number of rotatable bonds is 4. The third-order valence-electron chi connectivity index (χ3n) is 4.42. The van der Waals surface area contributed by atoms with Gasteiger partial charge < -0.3 is 10.3 Å². The van der Waals surface area contributed by atoms with Gasteiger partial charge in [-0.2, -0.15) is 0 Å². The summed E-state index contributed by atoms with van der Waals surface area (Å²) in [5.74, 6) is 2.50. The van der Waals surface area contributed by atoms with Crippen molar-refractivity contribution in [1.29, 1.82) is 0 Å². The average Bonchev–Trinajstić information content (AvgIpc) is 2.87. The minimum atomic E-state index is 0.263. The molecule has 0 saturated carbocycles. The molecule has 21 heavy (non-hydrogen) atoms. The molecule has 2 aromatic rings. The maximum atomic E-state index is 4.68. The molecule has 1 aromatic carbocycles. The average molecular weight is 283 g/mol. The molecule has 2 N–H and O–H groups in total. The van der Waals surface area contributed by atoms with Gasteiger partial charge in [-0.05, 0) is 57.2 Å². The smallest absolute Gasteiger partial charge is 0.124 e. The second-order valence-corrected chi connectivity index (χ2v) is 6.57. The number of benzene rings is 1. The molecule has 3 rings (SSSR count). The van der Waals surface area contributed by atoms with E-state index in [4.69, 9.17) is 0 Å². The van der Waals surface area contributed by atoms with E-state index < -0.39 is 0 Å². The number of aromatic nitrogens is 2. The first-order valence-corrected chi connectivity index (χ1v) is 7.97. The SMILES string of the molecule is CC1=CC(C)CC(CNC(C)c2nc3ccccc3[nH]2)C1. The predicted octanol–water partition coefficient (Wildman–Crippen LogP) is 4.21. The monoisotopic (exact) mass is 283 g/mol. The van der Waals surface area contributed by atoms with Crippen LogP contribution in [0.3, 0.4) is 0 Å². The largest absolute Gasteiger partial charge is 0.341 e. The number of hydrogen-bond acceptors (Lipinski definition) is 2. The van der Waals surface area contributed by atoms with Gasteiger partial charge in [-0.25, -0.2) is 4.98 Å². The molecule has 0 fully saturated rings. The maximum Gasteiger partial charge on any atom is 0.124 e. The summed E-state index contributed by atoms with van der Waals surface area (Å²) in [6.45, 7) is 7.82. The van der Waals surface area contributed by atoms with Gasteiger partial charge in [0.2, 0.25) is 0 Å². The van der Waals surface area contributed by atoms with Crippen molar-refractivity contribution in [2.45, 2.75) is 39.7 Å². The number of aromatic amines is 1. The molecule has 0 aliphatic heterocycles. The zero-order chi connectivity index (χ0) is 14.8. The summed E-state index contributed by atoms with van der Waals surface area (Å²) >= 11 is 0. The molecule has 1 aromatic heterocycles. The number of allylic oxidation sites excluding steroid dienone is 2. The Bertz CT molecular complexity index is 608. The standard InChI is InChI=1S/C18H25N3/c1-12-8-13(2)10-15(9-12)11-19-14(3)18-20-16-6-4-5-7-17(16)21-18/h4-8,12,14-15,19H,9-11H2,1-3H3,(H,20,21). The number of imidazole rings is 1. The Hall–Kier alpha value is -1.61. The van der Waals surface area contributed by atoms with Crippen LogP contribution in [0.5, 0.6) is 0 Å². The number of para-hydroxylation sites is 2. The molecule has 0 radical (unpaired) electrons. The van der Waals surface area contributed by atoms with E-state index in [1.165, 1.54) is 18.4 Å². The molecule has 3 unspecified atom stereocenters. The summed E-state index contributed by atoms with van der Waals surface area (Å²) in [5.41, 5.74) is 3.70. The van der Waals surface area contributed by atoms with Crippen LogP contribution in [0, 0.1) is 11.8 Å². The molecule has 1 aliphatic carbocycles. The van der Waals surface area contributed by atoms with Crippen LogP contribution in [-0.2, 0) is 0 Å². The first-order chi connectivity index (χ1) is 10.1. The van der Waals surface area contributed by atoms with E-state index in [0.29, 0.717) is 5.92 Å². The lowest BCUT2D eigenvalue weighted by atomic mass is 9.83. The molecule has 0 saturated heterocycles. The number of fused-ring (bicyclic) bond motifs is 1. The van der Waals surface area contributed by atoms with Crippen LogP contribution in [-0.4, -0.2) is 16.5 Å². The van der Waals surface area contributed by atoms with E-state index in [1.54, 1.807) is 0 Å². The van der Waals surface area contributed by atoms with Crippen LogP contribution in [0.15, 0.2) is 35.9 Å². The number of nitrogens with zero attached hydrogens (tertiary/aromatic N) is 1. The normalized spacial score (nSPS) is 24.0. The van der Waals surface area contributed by atoms with E-state index in [-0.39, 0.29) is 6.04 Å². The summed E-state index contributed by atoms with van der Waals surface area (Å²) in [4.78, 5) is 8.09. The Morgan fingerprint density at radius 2 is 2.19 bits per heavy atom. The minimum absolute atomic E-state index is 0.263. The van der Waals surface area contributed by atoms with E-state index in [2.05, 4.69) is 54.3 Å². The number of hydrogen-bond donors (Lipinski definition) is 2. The van der Waals surface area contributed by atoms with E-state index in [1.807, 2.05) is 12.1 Å². The first-order valence-electron chi connectivity index (χ1n) is 7.97. The van der Waals surface area contributed by atoms with Gasteiger partial charge in [0, 0.05) is 0 Å². The van der Waals surface area contributed by atoms with Crippen molar-refractivity contribution in [3.63, 3.8) is 0 Å². The lowest BCUT2D eigenvalue weighted by molar-refractivity contribution is 0.364. The topological polar surface area (TPSA) is 40.7 Å². The highest BCUT2D eigenvalue weighted by molar-refractivity contribution is 5.74. The zero-order valence-corrected chi connectivity index (χ0v) is 13.2. The summed E-state index contributed by atoms with van der Waals surface area (Å²) in [7, 11) is 0. The van der Waals surface area contributed by atoms with Crippen LogP contribution < -0.4 is 5.32 Å². The van der Waals surface area contributed by atoms with Gasteiger partial charge in [0.1, 0.15) is 5.82 Å². The van der Waals surface area contributed by atoms with Gasteiger partial charge >= 0.3 is 0 Å². The lowest BCUT2D eigenvalue weighted by Gasteiger charge is -2.26. The van der Waals surface area contributed by atoms with Crippen molar-refractivity contribution < 1.29 is 0 Å². The lowest BCUT2D eigenvalue weighted by Crippen LogP contribution is -2.28. The van der Waals surface area contributed by atoms with E-state index in [0.717, 1.165) is 29.3 Å². The summed E-state index contributed by atoms with van der Waals surface area (Å²) in [5, 5.41) is 3.65. The minimum Gasteiger partial charge on any atom is -0.341 e. The van der Waals surface area contributed by atoms with Crippen molar-refractivity contribution in [3.05, 3.63) is 41.7 Å². The van der Waals surface area contributed by atoms with Crippen LogP contribution >= 0.6 is 0 Å². The van der Waals surface area contributed by atoms with Crippen molar-refractivity contribution >= 4 is 11.0 Å². The van der Waals surface area contributed by atoms with Gasteiger partial charge in [-0.1, -0.05) is 30.7 Å². The van der Waals surface area contributed by atoms with E-state index in [9.17, 15) is 0 Å². The third-order valence-corrected chi connectivity index (χ3v) is 4.42. The van der Waals surface area contributed by atoms with Crippen LogP contribution in [0.4, 0.5) is 0 Å². The van der Waals surface area contributed by atoms with Gasteiger partial charge in [0.25, 0.3) is 0 Å². The summed E-state index contributed by atoms with van der Waals surface area (Å²) < 4.78 is 0. The van der Waals surface area contributed by atoms with Gasteiger partial charge in [-0.15, -0.1) is 0 Å². The quantitative estimate of drug-likeness (QED) is 0.825. The van der Waals surface area contributed by atoms with Crippen LogP contribution in [0.25, 0.3) is 11.0 Å². The molecule has 0 amide bonds. The molecular formula is C18H25N3. The molecule has 0 spiro atoms. The Kier molecular flexibility index (Phi) is 4.11. The fourth-order valence-corrected chi connectivity index (χ4v) is 3.46. The second kappa shape index (κ2) is 6.02. The second-order valence-electron chi connectivity index (χ2n) is 6.57. The van der Waals surface area contributed by atoms with Crippen molar-refractivity contribution in [2.75, 3.05) is 6.54 Å². The molecule has 3 atom stereocenters. The molecule has 112 valence electrons. The fraction of sp³-hybridized carbons (Fsp3) is 0.500. The number of H-pyrrole nitrogens is 1. The summed E-state index contributed by atoms with van der Waals surface area (Å²) in [6.07, 6.45) is 4.93. The van der Waals surface area contributed by atoms with E-state index >= 15 is 0 Å². The van der Waals surface area contributed by atoms with Crippen molar-refractivity contribution in [3.8, 4) is 0 Å². The molecule has 3 heteroatoms. The van der Waals surface area contributed by atoms with Gasteiger partial charge in [-0.3, -0.25) is 0 Å². The maximum absolute atomic E-state index is 4.68. The molecular weight excluding hydrogens is 258 g/mol. The Morgan fingerprint density at radius 1 is 1.38 bits per heavy atom. The molecule has 1 aliphatic rings. The highest BCUT2D eigenvalue weighted by Crippen LogP contribution is 2.27. The highest BCUT2D eigenvalue weighted by atomic mass is 15.0. The zero-order valence-electron chi connectivity index (χ0n) is 13.2. The molecule has 0 bridgehead atoms. The Balaban J connectivity index is 1.61. The fourth-order valence-electron chi connectivity index (χ4n) is 3.46. The Morgan fingerprint density at radius 3 is 2.95 bits per heavy atom. The summed E-state index contributed by atoms with van der Waals surface area (Å²) in [6, 6.07) is 8.47. The van der Waals surface area contributed by atoms with Gasteiger partial charge in [0.05, 0.1) is 17.1 Å². The predicted molar refractivity (Wildman–Crippen MR) is 88.2 cm³/mol. The molecule has 1 heterocycles. The third kappa shape index (κ3) is 3.35. The van der Waals surface area contributed by atoms with Crippen molar-refractivity contribution in [1.82, 2.24) is 15.3 Å². The van der Waals surface area contributed by atoms with Crippen LogP contribution in [0.2, 0.25) is 0 Å². The number of nitrogens with one attached hydrogen (secondary N) is 2. The van der Waals surface area contributed by atoms with Crippen molar-refractivity contribution in [2.24, 2.45) is 11.8 Å². The van der Waals surface area contributed by atoms with Crippen LogP contribution in [0.1, 0.15) is 45.5 Å². The van der Waals surface area contributed by atoms with Gasteiger partial charge in [0.15, 0.2) is 0 Å². The highest BCUT2D eigenvalue weighted by Gasteiger charge is 2.19. The Labute approximate surface area is 126 Å². The molecule has 3 nitrogen and oxygen atoms in total.